The van der Waals surface area contributed by atoms with E-state index < -0.39 is 0 Å². The van der Waals surface area contributed by atoms with Crippen molar-refractivity contribution in [3.05, 3.63) is 11.4 Å². The number of hydrogen-bond acceptors (Lipinski definition) is 4. The zero-order chi connectivity index (χ0) is 10.7. The van der Waals surface area contributed by atoms with E-state index in [1.807, 2.05) is 32.7 Å². The number of aromatic nitrogens is 3. The number of nitrogens with zero attached hydrogens (tertiary/aromatic N) is 4. The van der Waals surface area contributed by atoms with Crippen LogP contribution in [0.4, 0.5) is 5.95 Å². The van der Waals surface area contributed by atoms with E-state index in [1.165, 1.54) is 0 Å². The van der Waals surface area contributed by atoms with Crippen LogP contribution in [0, 0.1) is 13.8 Å². The predicted octanol–water partition coefficient (Wildman–Crippen LogP) is 1.55. The molecule has 0 fully saturated rings. The van der Waals surface area contributed by atoms with E-state index >= 15 is 0 Å². The second-order valence-corrected chi connectivity index (χ2v) is 4.19. The number of aryl methyl sites for hydroxylation is 2. The number of hydrogen-bond donors (Lipinski definition) is 0. The van der Waals surface area contributed by atoms with E-state index in [2.05, 4.69) is 15.2 Å². The van der Waals surface area contributed by atoms with Gasteiger partial charge in [0.15, 0.2) is 0 Å². The molecule has 0 aromatic carbocycles. The normalized spacial score (nSPS) is 12.6. The number of anilines is 1. The van der Waals surface area contributed by atoms with Crippen LogP contribution in [0.1, 0.15) is 18.3 Å². The Morgan fingerprint density at radius 3 is 2.43 bits per heavy atom. The minimum absolute atomic E-state index is 0.0743. The van der Waals surface area contributed by atoms with E-state index in [0.29, 0.717) is 12.5 Å². The molecule has 1 heterocycles. The minimum Gasteiger partial charge on any atom is -0.341 e. The maximum atomic E-state index is 5.88. The van der Waals surface area contributed by atoms with Crippen LogP contribution in [-0.4, -0.2) is 34.2 Å². The highest BCUT2D eigenvalue weighted by Gasteiger charge is 2.08. The Balaban J connectivity index is 2.80. The van der Waals surface area contributed by atoms with Crippen LogP contribution in [-0.2, 0) is 0 Å². The zero-order valence-corrected chi connectivity index (χ0v) is 9.71. The van der Waals surface area contributed by atoms with Gasteiger partial charge in [0.2, 0.25) is 5.95 Å². The number of alkyl halides is 1. The van der Waals surface area contributed by atoms with Gasteiger partial charge in [-0.3, -0.25) is 0 Å². The van der Waals surface area contributed by atoms with Crippen molar-refractivity contribution in [1.82, 2.24) is 15.2 Å². The average molecular weight is 215 g/mol. The smallest absolute Gasteiger partial charge is 0.245 e. The molecule has 0 spiro atoms. The lowest BCUT2D eigenvalue weighted by Crippen LogP contribution is -2.26. The van der Waals surface area contributed by atoms with Gasteiger partial charge in [-0.05, 0) is 20.8 Å². The molecule has 4 nitrogen and oxygen atoms in total. The summed E-state index contributed by atoms with van der Waals surface area (Å²) in [6, 6.07) is 0. The van der Waals surface area contributed by atoms with Gasteiger partial charge in [0, 0.05) is 19.0 Å². The Kier molecular flexibility index (Phi) is 3.63. The summed E-state index contributed by atoms with van der Waals surface area (Å²) in [6.07, 6.45) is 0. The molecule has 0 N–H and O–H groups in total. The van der Waals surface area contributed by atoms with E-state index in [4.69, 9.17) is 11.6 Å². The van der Waals surface area contributed by atoms with Crippen molar-refractivity contribution in [2.45, 2.75) is 26.1 Å². The lowest BCUT2D eigenvalue weighted by Gasteiger charge is -2.17. The Hall–Kier alpha value is -0.900. The summed E-state index contributed by atoms with van der Waals surface area (Å²) in [7, 11) is 1.91. The van der Waals surface area contributed by atoms with E-state index in [9.17, 15) is 0 Å². The topological polar surface area (TPSA) is 41.9 Å². The summed E-state index contributed by atoms with van der Waals surface area (Å²) >= 11 is 5.88. The second kappa shape index (κ2) is 4.55. The molecule has 0 radical (unpaired) electrons. The molecule has 0 aliphatic carbocycles. The Labute approximate surface area is 89.3 Å². The fraction of sp³-hybridized carbons (Fsp3) is 0.667. The molecule has 0 aliphatic rings. The number of halogens is 1. The monoisotopic (exact) mass is 214 g/mol. The fourth-order valence-electron chi connectivity index (χ4n) is 1.07. The Morgan fingerprint density at radius 1 is 1.29 bits per heavy atom. The molecule has 1 rings (SSSR count). The molecular formula is C9H15ClN4. The Morgan fingerprint density at radius 2 is 1.93 bits per heavy atom. The van der Waals surface area contributed by atoms with Gasteiger partial charge in [-0.15, -0.1) is 16.7 Å². The van der Waals surface area contributed by atoms with Crippen molar-refractivity contribution in [3.63, 3.8) is 0 Å². The van der Waals surface area contributed by atoms with Gasteiger partial charge in [-0.25, -0.2) is 4.98 Å². The lowest BCUT2D eigenvalue weighted by molar-refractivity contribution is 0.784. The van der Waals surface area contributed by atoms with Crippen molar-refractivity contribution in [2.75, 3.05) is 18.5 Å². The van der Waals surface area contributed by atoms with E-state index in [1.54, 1.807) is 0 Å². The minimum atomic E-state index is 0.0743. The van der Waals surface area contributed by atoms with Gasteiger partial charge in [0.1, 0.15) is 0 Å². The van der Waals surface area contributed by atoms with Crippen LogP contribution < -0.4 is 4.90 Å². The molecule has 0 bridgehead atoms. The molecule has 0 amide bonds. The van der Waals surface area contributed by atoms with Crippen molar-refractivity contribution < 1.29 is 0 Å². The van der Waals surface area contributed by atoms with Crippen LogP contribution in [0.15, 0.2) is 0 Å². The van der Waals surface area contributed by atoms with Crippen LogP contribution in [0.25, 0.3) is 0 Å². The summed E-state index contributed by atoms with van der Waals surface area (Å²) in [5.74, 6) is 0.626. The Bertz CT molecular complexity index is 314. The number of rotatable bonds is 3. The molecule has 1 aromatic heterocycles. The summed E-state index contributed by atoms with van der Waals surface area (Å²) in [5.41, 5.74) is 1.77. The van der Waals surface area contributed by atoms with Crippen LogP contribution >= 0.6 is 11.6 Å². The lowest BCUT2D eigenvalue weighted by atomic mass is 10.4. The molecule has 1 unspecified atom stereocenters. The van der Waals surface area contributed by atoms with Crippen molar-refractivity contribution in [2.24, 2.45) is 0 Å². The molecular weight excluding hydrogens is 200 g/mol. The highest BCUT2D eigenvalue weighted by atomic mass is 35.5. The zero-order valence-electron chi connectivity index (χ0n) is 8.95. The van der Waals surface area contributed by atoms with Gasteiger partial charge in [0.25, 0.3) is 0 Å². The molecule has 78 valence electrons. The van der Waals surface area contributed by atoms with Crippen molar-refractivity contribution in [1.29, 1.82) is 0 Å². The fourth-order valence-corrected chi connectivity index (χ4v) is 1.27. The third kappa shape index (κ3) is 2.80. The van der Waals surface area contributed by atoms with Crippen LogP contribution in [0.3, 0.4) is 0 Å². The maximum Gasteiger partial charge on any atom is 0.245 e. The first kappa shape index (κ1) is 11.2. The van der Waals surface area contributed by atoms with Crippen LogP contribution in [0.2, 0.25) is 0 Å². The van der Waals surface area contributed by atoms with Crippen LogP contribution in [0.5, 0.6) is 0 Å². The molecule has 1 aromatic rings. The molecule has 14 heavy (non-hydrogen) atoms. The molecule has 0 saturated carbocycles. The van der Waals surface area contributed by atoms with E-state index in [0.717, 1.165) is 11.4 Å². The third-order valence-corrected chi connectivity index (χ3v) is 2.09. The molecule has 1 atom stereocenters. The molecule has 0 aliphatic heterocycles. The highest BCUT2D eigenvalue weighted by molar-refractivity contribution is 6.20. The first-order chi connectivity index (χ1) is 6.50. The SMILES string of the molecule is Cc1nnc(N(C)CC(C)Cl)nc1C. The van der Waals surface area contributed by atoms with Gasteiger partial charge in [0.05, 0.1) is 11.4 Å². The first-order valence-corrected chi connectivity index (χ1v) is 4.97. The third-order valence-electron chi connectivity index (χ3n) is 1.95. The van der Waals surface area contributed by atoms with Gasteiger partial charge in [-0.2, -0.15) is 5.10 Å². The van der Waals surface area contributed by atoms with Gasteiger partial charge < -0.3 is 4.90 Å². The second-order valence-electron chi connectivity index (χ2n) is 3.44. The standard InChI is InChI=1S/C9H15ClN4/c1-6(10)5-14(4)9-11-7(2)8(3)12-13-9/h6H,5H2,1-4H3. The first-order valence-electron chi connectivity index (χ1n) is 4.54. The summed E-state index contributed by atoms with van der Waals surface area (Å²) < 4.78 is 0. The molecule has 5 heteroatoms. The van der Waals surface area contributed by atoms with Gasteiger partial charge >= 0.3 is 0 Å². The summed E-state index contributed by atoms with van der Waals surface area (Å²) in [4.78, 5) is 6.22. The quantitative estimate of drug-likeness (QED) is 0.717. The summed E-state index contributed by atoms with van der Waals surface area (Å²) in [5, 5.41) is 8.08. The maximum absolute atomic E-state index is 5.88. The summed E-state index contributed by atoms with van der Waals surface area (Å²) in [6.45, 7) is 6.47. The van der Waals surface area contributed by atoms with Gasteiger partial charge in [-0.1, -0.05) is 0 Å². The average Bonchev–Trinajstić information content (AvgIpc) is 2.08. The molecule has 0 saturated heterocycles. The highest BCUT2D eigenvalue weighted by Crippen LogP contribution is 2.08. The van der Waals surface area contributed by atoms with Crippen molar-refractivity contribution >= 4 is 17.5 Å². The van der Waals surface area contributed by atoms with E-state index in [-0.39, 0.29) is 5.38 Å². The predicted molar refractivity (Wildman–Crippen MR) is 57.9 cm³/mol. The van der Waals surface area contributed by atoms with Crippen molar-refractivity contribution in [3.8, 4) is 0 Å². The largest absolute Gasteiger partial charge is 0.341 e.